The predicted molar refractivity (Wildman–Crippen MR) is 74.7 cm³/mol. The van der Waals surface area contributed by atoms with Gasteiger partial charge in [0.1, 0.15) is 15.9 Å². The van der Waals surface area contributed by atoms with Gasteiger partial charge in [-0.3, -0.25) is 4.40 Å². The number of hydrogen-bond acceptors (Lipinski definition) is 7. The number of nitrogens with zero attached hydrogens (tertiary/aromatic N) is 6. The van der Waals surface area contributed by atoms with E-state index in [1.165, 1.54) is 23.3 Å². The zero-order valence-corrected chi connectivity index (χ0v) is 12.6. The minimum atomic E-state index is 0.615. The molecule has 0 fully saturated rings. The first-order chi connectivity index (χ1) is 9.15. The van der Waals surface area contributed by atoms with Crippen molar-refractivity contribution >= 4 is 40.5 Å². The second-order valence-electron chi connectivity index (χ2n) is 3.90. The molecule has 9 heteroatoms. The van der Waals surface area contributed by atoms with Crippen LogP contribution in [0, 0.1) is 13.8 Å². The van der Waals surface area contributed by atoms with Gasteiger partial charge in [0.05, 0.1) is 0 Å². The molecule has 3 aromatic rings. The first-order valence-corrected chi connectivity index (χ1v) is 7.58. The fourth-order valence-corrected chi connectivity index (χ4v) is 3.43. The van der Waals surface area contributed by atoms with Gasteiger partial charge in [0.2, 0.25) is 0 Å². The molecular formula is C10H9ClN6S2. The van der Waals surface area contributed by atoms with E-state index in [1.54, 1.807) is 0 Å². The number of aromatic nitrogens is 6. The SMILES string of the molecule is Cc1cc2nnc(SCc3nnsc3Cl)n2c(C)n1. The molecule has 0 bridgehead atoms. The van der Waals surface area contributed by atoms with Gasteiger partial charge in [0.15, 0.2) is 10.8 Å². The Hall–Kier alpha value is -1.25. The van der Waals surface area contributed by atoms with Crippen LogP contribution in [-0.4, -0.2) is 29.2 Å². The van der Waals surface area contributed by atoms with Crippen LogP contribution in [0.5, 0.6) is 0 Å². The summed E-state index contributed by atoms with van der Waals surface area (Å²) in [4.78, 5) is 4.41. The Labute approximate surface area is 122 Å². The summed E-state index contributed by atoms with van der Waals surface area (Å²) in [6, 6.07) is 1.90. The Morgan fingerprint density at radius 1 is 1.32 bits per heavy atom. The number of rotatable bonds is 3. The molecule has 0 N–H and O–H groups in total. The first kappa shape index (κ1) is 12.8. The van der Waals surface area contributed by atoms with E-state index in [0.29, 0.717) is 10.1 Å². The molecule has 0 radical (unpaired) electrons. The maximum absolute atomic E-state index is 5.98. The van der Waals surface area contributed by atoms with Crippen LogP contribution in [0.25, 0.3) is 5.65 Å². The predicted octanol–water partition coefficient (Wildman–Crippen LogP) is 2.54. The molecule has 3 aromatic heterocycles. The van der Waals surface area contributed by atoms with Crippen molar-refractivity contribution in [2.45, 2.75) is 24.8 Å². The van der Waals surface area contributed by atoms with Gasteiger partial charge in [0.25, 0.3) is 0 Å². The standard InChI is InChI=1S/C10H9ClN6S2/c1-5-3-8-14-15-10(17(8)6(2)12-5)18-4-7-9(11)19-16-13-7/h3H,4H2,1-2H3. The molecule has 0 unspecified atom stereocenters. The van der Waals surface area contributed by atoms with Crippen molar-refractivity contribution < 1.29 is 0 Å². The second kappa shape index (κ2) is 5.03. The quantitative estimate of drug-likeness (QED) is 0.692. The summed E-state index contributed by atoms with van der Waals surface area (Å²) in [5.74, 6) is 1.48. The number of halogens is 1. The van der Waals surface area contributed by atoms with Crippen LogP contribution in [0.1, 0.15) is 17.2 Å². The van der Waals surface area contributed by atoms with Gasteiger partial charge in [-0.1, -0.05) is 27.9 Å². The highest BCUT2D eigenvalue weighted by Crippen LogP contribution is 2.26. The maximum atomic E-state index is 5.98. The summed E-state index contributed by atoms with van der Waals surface area (Å²) >= 11 is 8.68. The second-order valence-corrected chi connectivity index (χ2v) is 6.20. The molecule has 6 nitrogen and oxygen atoms in total. The fraction of sp³-hybridized carbons (Fsp3) is 0.300. The number of hydrogen-bond donors (Lipinski definition) is 0. The molecule has 0 aliphatic carbocycles. The van der Waals surface area contributed by atoms with Crippen LogP contribution in [-0.2, 0) is 5.75 Å². The fourth-order valence-electron chi connectivity index (χ4n) is 1.71. The molecule has 98 valence electrons. The lowest BCUT2D eigenvalue weighted by Crippen LogP contribution is -1.98. The number of thioether (sulfide) groups is 1. The molecule has 0 atom stereocenters. The zero-order valence-electron chi connectivity index (χ0n) is 10.2. The van der Waals surface area contributed by atoms with Crippen LogP contribution in [0.4, 0.5) is 0 Å². The van der Waals surface area contributed by atoms with Gasteiger partial charge in [-0.2, -0.15) is 0 Å². The molecule has 0 saturated carbocycles. The van der Waals surface area contributed by atoms with Gasteiger partial charge in [0, 0.05) is 29.0 Å². The average molecular weight is 313 g/mol. The molecule has 0 aromatic carbocycles. The van der Waals surface area contributed by atoms with Crippen LogP contribution in [0.15, 0.2) is 11.2 Å². The third-order valence-electron chi connectivity index (χ3n) is 2.51. The highest BCUT2D eigenvalue weighted by Gasteiger charge is 2.12. The number of aryl methyl sites for hydroxylation is 2. The lowest BCUT2D eigenvalue weighted by atomic mass is 10.4. The third-order valence-corrected chi connectivity index (χ3v) is 4.43. The van der Waals surface area contributed by atoms with Crippen molar-refractivity contribution in [2.75, 3.05) is 0 Å². The van der Waals surface area contributed by atoms with Crippen molar-refractivity contribution in [1.82, 2.24) is 29.2 Å². The molecular weight excluding hydrogens is 304 g/mol. The van der Waals surface area contributed by atoms with Crippen LogP contribution in [0.2, 0.25) is 4.34 Å². The zero-order chi connectivity index (χ0) is 13.4. The summed E-state index contributed by atoms with van der Waals surface area (Å²) < 4.78 is 6.34. The first-order valence-electron chi connectivity index (χ1n) is 5.44. The lowest BCUT2D eigenvalue weighted by molar-refractivity contribution is 0.853. The highest BCUT2D eigenvalue weighted by atomic mass is 35.5. The van der Waals surface area contributed by atoms with Gasteiger partial charge >= 0.3 is 0 Å². The van der Waals surface area contributed by atoms with E-state index in [2.05, 4.69) is 24.8 Å². The Morgan fingerprint density at radius 2 is 2.16 bits per heavy atom. The van der Waals surface area contributed by atoms with Crippen LogP contribution in [0.3, 0.4) is 0 Å². The average Bonchev–Trinajstić information content (AvgIpc) is 2.93. The third kappa shape index (κ3) is 2.43. The summed E-state index contributed by atoms with van der Waals surface area (Å²) in [5.41, 5.74) is 2.50. The van der Waals surface area contributed by atoms with Gasteiger partial charge in [-0.05, 0) is 13.8 Å². The van der Waals surface area contributed by atoms with Gasteiger partial charge < -0.3 is 0 Å². The van der Waals surface area contributed by atoms with Crippen molar-refractivity contribution in [3.63, 3.8) is 0 Å². The summed E-state index contributed by atoms with van der Waals surface area (Å²) in [7, 11) is 0. The molecule has 3 rings (SSSR count). The molecule has 0 spiro atoms. The topological polar surface area (TPSA) is 68.9 Å². The van der Waals surface area contributed by atoms with E-state index in [9.17, 15) is 0 Å². The summed E-state index contributed by atoms with van der Waals surface area (Å²) in [6.45, 7) is 3.88. The smallest absolute Gasteiger partial charge is 0.197 e. The lowest BCUT2D eigenvalue weighted by Gasteiger charge is -2.03. The Balaban J connectivity index is 1.91. The Bertz CT molecular complexity index is 737. The van der Waals surface area contributed by atoms with Gasteiger partial charge in [-0.15, -0.1) is 15.3 Å². The van der Waals surface area contributed by atoms with Crippen molar-refractivity contribution in [2.24, 2.45) is 0 Å². The summed E-state index contributed by atoms with van der Waals surface area (Å²) in [5, 5.41) is 13.1. The molecule has 0 aliphatic rings. The van der Waals surface area contributed by atoms with E-state index >= 15 is 0 Å². The number of fused-ring (bicyclic) bond motifs is 1. The molecule has 0 aliphatic heterocycles. The molecule has 3 heterocycles. The maximum Gasteiger partial charge on any atom is 0.197 e. The largest absolute Gasteiger partial charge is 0.258 e. The molecule has 0 amide bonds. The Kier molecular flexibility index (Phi) is 3.38. The molecule has 0 saturated heterocycles. The van der Waals surface area contributed by atoms with Gasteiger partial charge in [-0.25, -0.2) is 4.98 Å². The monoisotopic (exact) mass is 312 g/mol. The minimum Gasteiger partial charge on any atom is -0.258 e. The van der Waals surface area contributed by atoms with E-state index in [4.69, 9.17) is 11.6 Å². The van der Waals surface area contributed by atoms with Crippen LogP contribution < -0.4 is 0 Å². The van der Waals surface area contributed by atoms with E-state index < -0.39 is 0 Å². The summed E-state index contributed by atoms with van der Waals surface area (Å²) in [6.07, 6.45) is 0. The minimum absolute atomic E-state index is 0.615. The van der Waals surface area contributed by atoms with Crippen molar-refractivity contribution in [3.05, 3.63) is 27.6 Å². The van der Waals surface area contributed by atoms with Crippen molar-refractivity contribution in [1.29, 1.82) is 0 Å². The van der Waals surface area contributed by atoms with Crippen LogP contribution >= 0.6 is 34.9 Å². The van der Waals surface area contributed by atoms with E-state index in [0.717, 1.165) is 28.0 Å². The van der Waals surface area contributed by atoms with E-state index in [-0.39, 0.29) is 0 Å². The Morgan fingerprint density at radius 3 is 2.89 bits per heavy atom. The van der Waals surface area contributed by atoms with E-state index in [1.807, 2.05) is 24.3 Å². The highest BCUT2D eigenvalue weighted by molar-refractivity contribution is 7.98. The van der Waals surface area contributed by atoms with Crippen molar-refractivity contribution in [3.8, 4) is 0 Å². The molecule has 19 heavy (non-hydrogen) atoms. The normalized spacial score (nSPS) is 11.3.